The molecule has 0 aliphatic rings. The Balaban J connectivity index is 3.58. The number of rotatable bonds is 5. The molecule has 3 nitrogen and oxygen atoms in total. The zero-order chi connectivity index (χ0) is 8.04. The molecule has 0 aliphatic carbocycles. The number of nitrogens with two attached hydrogens (primary N) is 1. The summed E-state index contributed by atoms with van der Waals surface area (Å²) in [6, 6.07) is 0. The van der Waals surface area contributed by atoms with Gasteiger partial charge < -0.3 is 15.8 Å². The predicted molar refractivity (Wildman–Crippen MR) is 46.3 cm³/mol. The molecular weight excluding hydrogens is 144 g/mol. The summed E-state index contributed by atoms with van der Waals surface area (Å²) in [5.41, 5.74) is 5.78. The van der Waals surface area contributed by atoms with Crippen molar-refractivity contribution in [3.8, 4) is 0 Å². The second-order valence-electron chi connectivity index (χ2n) is 2.59. The molecule has 0 aromatic heterocycles. The Morgan fingerprint density at radius 2 is 2.20 bits per heavy atom. The molecule has 0 saturated heterocycles. The zero-order valence-corrected chi connectivity index (χ0v) is 8.27. The van der Waals surface area contributed by atoms with Crippen LogP contribution in [0.15, 0.2) is 0 Å². The first kappa shape index (κ1) is 10.1. The molecule has 0 spiro atoms. The molecule has 0 heterocycles. The fourth-order valence-corrected chi connectivity index (χ4v) is 1.18. The molecule has 4 N–H and O–H groups in total. The molecule has 1 unspecified atom stereocenters. The van der Waals surface area contributed by atoms with Gasteiger partial charge in [-0.05, 0) is 19.4 Å². The summed E-state index contributed by atoms with van der Waals surface area (Å²) in [4.78, 5) is 8.96. The van der Waals surface area contributed by atoms with Gasteiger partial charge in [0.2, 0.25) is 0 Å². The molecular formula is C6H18N2OSi. The van der Waals surface area contributed by atoms with Crippen molar-refractivity contribution in [1.29, 1.82) is 0 Å². The van der Waals surface area contributed by atoms with Crippen molar-refractivity contribution < 1.29 is 4.80 Å². The van der Waals surface area contributed by atoms with E-state index in [1.54, 1.807) is 0 Å². The largest absolute Gasteiger partial charge is 0.435 e. The van der Waals surface area contributed by atoms with E-state index in [4.69, 9.17) is 10.5 Å². The van der Waals surface area contributed by atoms with Crippen molar-refractivity contribution in [2.45, 2.75) is 32.0 Å². The lowest BCUT2D eigenvalue weighted by Gasteiger charge is -2.26. The molecule has 0 aromatic rings. The highest BCUT2D eigenvalue weighted by Crippen LogP contribution is 1.97. The topological polar surface area (TPSA) is 58.3 Å². The maximum Gasteiger partial charge on any atom is 0.192 e. The summed E-state index contributed by atoms with van der Waals surface area (Å²) < 4.78 is 0. The first-order valence-corrected chi connectivity index (χ1v) is 5.17. The maximum atomic E-state index is 8.96. The molecule has 0 bridgehead atoms. The molecule has 0 fully saturated rings. The van der Waals surface area contributed by atoms with Crippen LogP contribution in [0.5, 0.6) is 0 Å². The highest BCUT2D eigenvalue weighted by atomic mass is 28.2. The van der Waals surface area contributed by atoms with E-state index in [9.17, 15) is 0 Å². The quantitative estimate of drug-likeness (QED) is 0.362. The minimum atomic E-state index is -1.12. The highest BCUT2D eigenvalue weighted by molar-refractivity contribution is 6.30. The van der Waals surface area contributed by atoms with Crippen LogP contribution in [0.2, 0.25) is 0 Å². The van der Waals surface area contributed by atoms with Gasteiger partial charge in [0.05, 0.1) is 5.29 Å². The van der Waals surface area contributed by atoms with E-state index in [1.165, 1.54) is 0 Å². The van der Waals surface area contributed by atoms with E-state index < -0.39 is 15.0 Å². The van der Waals surface area contributed by atoms with Crippen molar-refractivity contribution in [3.63, 3.8) is 0 Å². The smallest absolute Gasteiger partial charge is 0.192 e. The minimum absolute atomic E-state index is 0.421. The lowest BCUT2D eigenvalue weighted by atomic mass is 10.3. The predicted octanol–water partition coefficient (Wildman–Crippen LogP) is -0.915. The Morgan fingerprint density at radius 1 is 1.60 bits per heavy atom. The standard InChI is InChI=1S/C6H18N2OSi/c1-3-5-8-6(7,4-2)10-9/h8-9H,3-5,7,10H2,1-2H3. The molecule has 0 aromatic carbocycles. The highest BCUT2D eigenvalue weighted by Gasteiger charge is 2.19. The molecule has 0 aliphatic heterocycles. The first-order chi connectivity index (χ1) is 4.68. The van der Waals surface area contributed by atoms with Crippen LogP contribution in [-0.2, 0) is 0 Å². The Bertz CT molecular complexity index is 85.8. The average Bonchev–Trinajstić information content (AvgIpc) is 2.00. The van der Waals surface area contributed by atoms with Gasteiger partial charge in [-0.25, -0.2) is 0 Å². The van der Waals surface area contributed by atoms with Crippen LogP contribution in [0.4, 0.5) is 0 Å². The van der Waals surface area contributed by atoms with E-state index in [0.29, 0.717) is 0 Å². The van der Waals surface area contributed by atoms with Gasteiger partial charge in [0.15, 0.2) is 9.76 Å². The molecule has 0 saturated carbocycles. The third kappa shape index (κ3) is 3.31. The lowest BCUT2D eigenvalue weighted by molar-refractivity contribution is 0.404. The average molecular weight is 162 g/mol. The summed E-state index contributed by atoms with van der Waals surface area (Å²) >= 11 is 0. The van der Waals surface area contributed by atoms with Crippen molar-refractivity contribution in [3.05, 3.63) is 0 Å². The van der Waals surface area contributed by atoms with Gasteiger partial charge >= 0.3 is 0 Å². The summed E-state index contributed by atoms with van der Waals surface area (Å²) in [5, 5.41) is 2.71. The summed E-state index contributed by atoms with van der Waals surface area (Å²) in [6.45, 7) is 4.98. The number of nitrogens with one attached hydrogen (secondary N) is 1. The number of hydrogen-bond donors (Lipinski definition) is 3. The van der Waals surface area contributed by atoms with Crippen molar-refractivity contribution in [2.24, 2.45) is 5.73 Å². The van der Waals surface area contributed by atoms with Gasteiger partial charge in [-0.15, -0.1) is 0 Å². The molecule has 10 heavy (non-hydrogen) atoms. The SMILES string of the molecule is CCCNC(N)(CC)[SiH2]O. The molecule has 62 valence electrons. The van der Waals surface area contributed by atoms with E-state index in [0.717, 1.165) is 19.4 Å². The van der Waals surface area contributed by atoms with E-state index in [-0.39, 0.29) is 0 Å². The van der Waals surface area contributed by atoms with Crippen LogP contribution in [0, 0.1) is 0 Å². The van der Waals surface area contributed by atoms with Crippen molar-refractivity contribution in [1.82, 2.24) is 5.32 Å². The van der Waals surface area contributed by atoms with Crippen molar-refractivity contribution in [2.75, 3.05) is 6.54 Å². The van der Waals surface area contributed by atoms with E-state index in [1.807, 2.05) is 6.92 Å². The third-order valence-electron chi connectivity index (χ3n) is 1.64. The van der Waals surface area contributed by atoms with Crippen LogP contribution < -0.4 is 11.1 Å². The fraction of sp³-hybridized carbons (Fsp3) is 1.00. The number of hydrogen-bond acceptors (Lipinski definition) is 3. The van der Waals surface area contributed by atoms with Crippen molar-refractivity contribution >= 4 is 9.76 Å². The third-order valence-corrected chi connectivity index (χ3v) is 2.95. The van der Waals surface area contributed by atoms with Crippen LogP contribution >= 0.6 is 0 Å². The van der Waals surface area contributed by atoms with Gasteiger partial charge in [-0.2, -0.15) is 0 Å². The maximum absolute atomic E-state index is 8.96. The zero-order valence-electron chi connectivity index (χ0n) is 6.85. The second kappa shape index (κ2) is 4.84. The summed E-state index contributed by atoms with van der Waals surface area (Å²) in [7, 11) is -1.12. The van der Waals surface area contributed by atoms with Gasteiger partial charge in [-0.1, -0.05) is 13.8 Å². The van der Waals surface area contributed by atoms with E-state index >= 15 is 0 Å². The monoisotopic (exact) mass is 162 g/mol. The van der Waals surface area contributed by atoms with Crippen LogP contribution in [0.25, 0.3) is 0 Å². The van der Waals surface area contributed by atoms with Gasteiger partial charge in [0.1, 0.15) is 0 Å². The first-order valence-electron chi connectivity index (χ1n) is 3.83. The molecule has 4 heteroatoms. The molecule has 0 amide bonds. The second-order valence-corrected chi connectivity index (χ2v) is 4.17. The van der Waals surface area contributed by atoms with Crippen LogP contribution in [0.3, 0.4) is 0 Å². The van der Waals surface area contributed by atoms with Gasteiger partial charge in [0, 0.05) is 0 Å². The summed E-state index contributed by atoms with van der Waals surface area (Å²) in [6.07, 6.45) is 1.88. The Hall–Kier alpha value is 0.0969. The Labute approximate surface area is 64.9 Å². The normalized spacial score (nSPS) is 18.0. The van der Waals surface area contributed by atoms with E-state index in [2.05, 4.69) is 12.2 Å². The van der Waals surface area contributed by atoms with Crippen LogP contribution in [-0.4, -0.2) is 26.4 Å². The minimum Gasteiger partial charge on any atom is -0.435 e. The summed E-state index contributed by atoms with van der Waals surface area (Å²) in [5.74, 6) is 0. The molecule has 0 rings (SSSR count). The van der Waals surface area contributed by atoms with Gasteiger partial charge in [-0.3, -0.25) is 0 Å². The van der Waals surface area contributed by atoms with Crippen LogP contribution in [0.1, 0.15) is 26.7 Å². The molecule has 0 radical (unpaired) electrons. The Morgan fingerprint density at radius 3 is 2.50 bits per heavy atom. The fourth-order valence-electron chi connectivity index (χ4n) is 0.667. The van der Waals surface area contributed by atoms with Gasteiger partial charge in [0.25, 0.3) is 0 Å². The lowest BCUT2D eigenvalue weighted by Crippen LogP contribution is -2.58. The molecule has 1 atom stereocenters. The Kier molecular flexibility index (Phi) is 4.89.